The number of carbonyl (C=O) groups excluding carboxylic acids is 2. The third-order valence-corrected chi connectivity index (χ3v) is 16.4. The number of amides is 1. The van der Waals surface area contributed by atoms with Gasteiger partial charge in [0.15, 0.2) is 0 Å². The van der Waals surface area contributed by atoms with Gasteiger partial charge in [-0.3, -0.25) is 9.59 Å². The third kappa shape index (κ3) is 63.3. The number of hydrogen-bond donors (Lipinski definition) is 3. The number of carbonyl (C=O) groups is 2. The van der Waals surface area contributed by atoms with E-state index < -0.39 is 12.1 Å². The van der Waals surface area contributed by atoms with E-state index in [-0.39, 0.29) is 18.5 Å². The van der Waals surface area contributed by atoms with Crippen LogP contribution >= 0.6 is 0 Å². The summed E-state index contributed by atoms with van der Waals surface area (Å²) in [5, 5.41) is 23.2. The number of aliphatic hydroxyl groups excluding tert-OH is 2. The quantitative estimate of drug-likeness (QED) is 0.0320. The van der Waals surface area contributed by atoms with Crippen molar-refractivity contribution in [1.82, 2.24) is 5.32 Å². The summed E-state index contributed by atoms with van der Waals surface area (Å²) in [5.74, 6) is -0.0511. The molecule has 0 heterocycles. The molecular formula is C72H137NO5. The number of esters is 1. The van der Waals surface area contributed by atoms with E-state index in [2.05, 4.69) is 43.5 Å². The molecule has 3 N–H and O–H groups in total. The minimum Gasteiger partial charge on any atom is -0.466 e. The van der Waals surface area contributed by atoms with E-state index in [9.17, 15) is 19.8 Å². The second kappa shape index (κ2) is 67.6. The molecule has 0 aliphatic rings. The van der Waals surface area contributed by atoms with E-state index in [1.165, 1.54) is 315 Å². The maximum atomic E-state index is 12.5. The number of rotatable bonds is 66. The van der Waals surface area contributed by atoms with Gasteiger partial charge in [-0.05, 0) is 64.2 Å². The minimum atomic E-state index is -0.845. The molecule has 0 aromatic carbocycles. The van der Waals surface area contributed by atoms with E-state index in [1.54, 1.807) is 6.08 Å². The van der Waals surface area contributed by atoms with Crippen molar-refractivity contribution in [3.8, 4) is 0 Å². The Morgan fingerprint density at radius 1 is 0.359 bits per heavy atom. The number of nitrogens with one attached hydrogen (secondary N) is 1. The van der Waals surface area contributed by atoms with E-state index in [0.29, 0.717) is 19.4 Å². The zero-order valence-electron chi connectivity index (χ0n) is 52.7. The topological polar surface area (TPSA) is 95.9 Å². The zero-order chi connectivity index (χ0) is 56.4. The summed E-state index contributed by atoms with van der Waals surface area (Å²) in [5.41, 5.74) is 0. The fraction of sp³-hybridized carbons (Fsp3) is 0.889. The van der Waals surface area contributed by atoms with Crippen LogP contribution in [0.25, 0.3) is 0 Å². The number of unbranched alkanes of at least 4 members (excludes halogenated alkanes) is 51. The van der Waals surface area contributed by atoms with Crippen molar-refractivity contribution in [1.29, 1.82) is 0 Å². The van der Waals surface area contributed by atoms with Crippen LogP contribution in [0, 0.1) is 0 Å². The lowest BCUT2D eigenvalue weighted by molar-refractivity contribution is -0.143. The molecule has 2 atom stereocenters. The Hall–Kier alpha value is -1.92. The van der Waals surface area contributed by atoms with Gasteiger partial charge in [-0.1, -0.05) is 346 Å². The zero-order valence-corrected chi connectivity index (χ0v) is 52.7. The van der Waals surface area contributed by atoms with Crippen LogP contribution in [0.3, 0.4) is 0 Å². The number of aliphatic hydroxyl groups is 2. The minimum absolute atomic E-state index is 0.0155. The van der Waals surface area contributed by atoms with Crippen LogP contribution in [0.1, 0.15) is 386 Å². The average Bonchev–Trinajstić information content (AvgIpc) is 3.44. The van der Waals surface area contributed by atoms with Crippen LogP contribution in [-0.2, 0) is 14.3 Å². The van der Waals surface area contributed by atoms with Crippen LogP contribution in [0.4, 0.5) is 0 Å². The van der Waals surface area contributed by atoms with Crippen LogP contribution in [-0.4, -0.2) is 47.4 Å². The molecular weight excluding hydrogens is 959 g/mol. The second-order valence-corrected chi connectivity index (χ2v) is 24.2. The van der Waals surface area contributed by atoms with Crippen LogP contribution in [0.15, 0.2) is 36.5 Å². The van der Waals surface area contributed by atoms with Crippen molar-refractivity contribution < 1.29 is 24.5 Å². The molecule has 0 rings (SSSR count). The largest absolute Gasteiger partial charge is 0.466 e. The lowest BCUT2D eigenvalue weighted by Gasteiger charge is -2.20. The smallest absolute Gasteiger partial charge is 0.305 e. The molecule has 460 valence electrons. The molecule has 1 amide bonds. The third-order valence-electron chi connectivity index (χ3n) is 16.4. The van der Waals surface area contributed by atoms with Crippen molar-refractivity contribution in [2.24, 2.45) is 0 Å². The first-order chi connectivity index (χ1) is 38.5. The van der Waals surface area contributed by atoms with Gasteiger partial charge in [0.25, 0.3) is 0 Å². The van der Waals surface area contributed by atoms with Gasteiger partial charge in [0.05, 0.1) is 25.4 Å². The Bertz CT molecular complexity index is 1260. The van der Waals surface area contributed by atoms with E-state index in [0.717, 1.165) is 44.9 Å². The fourth-order valence-corrected chi connectivity index (χ4v) is 11.0. The molecule has 2 unspecified atom stereocenters. The van der Waals surface area contributed by atoms with Crippen molar-refractivity contribution >= 4 is 11.9 Å². The summed E-state index contributed by atoms with van der Waals surface area (Å²) in [7, 11) is 0. The predicted molar refractivity (Wildman–Crippen MR) is 343 cm³/mol. The average molecular weight is 1100 g/mol. The normalized spacial score (nSPS) is 12.7. The van der Waals surface area contributed by atoms with Gasteiger partial charge in [-0.25, -0.2) is 0 Å². The number of ether oxygens (including phenoxy) is 1. The molecule has 6 heteroatoms. The van der Waals surface area contributed by atoms with Crippen molar-refractivity contribution in [2.75, 3.05) is 13.2 Å². The molecule has 0 aromatic heterocycles. The first-order valence-corrected chi connectivity index (χ1v) is 35.3. The number of allylic oxidation sites excluding steroid dienone is 5. The molecule has 0 saturated carbocycles. The Labute approximate surface area is 487 Å². The van der Waals surface area contributed by atoms with E-state index in [1.807, 2.05) is 6.08 Å². The molecule has 0 bridgehead atoms. The van der Waals surface area contributed by atoms with Gasteiger partial charge >= 0.3 is 5.97 Å². The van der Waals surface area contributed by atoms with Gasteiger partial charge in [-0.2, -0.15) is 0 Å². The molecule has 6 nitrogen and oxygen atoms in total. The molecule has 0 saturated heterocycles. The maximum absolute atomic E-state index is 12.5. The van der Waals surface area contributed by atoms with E-state index in [4.69, 9.17) is 4.74 Å². The molecule has 0 aromatic rings. The highest BCUT2D eigenvalue weighted by atomic mass is 16.5. The lowest BCUT2D eigenvalue weighted by atomic mass is 10.0. The van der Waals surface area contributed by atoms with E-state index >= 15 is 0 Å². The molecule has 0 aliphatic heterocycles. The second-order valence-electron chi connectivity index (χ2n) is 24.2. The van der Waals surface area contributed by atoms with Gasteiger partial charge < -0.3 is 20.3 Å². The van der Waals surface area contributed by atoms with Crippen LogP contribution in [0.5, 0.6) is 0 Å². The monoisotopic (exact) mass is 1100 g/mol. The van der Waals surface area contributed by atoms with Gasteiger partial charge in [-0.15, -0.1) is 0 Å². The highest BCUT2D eigenvalue weighted by Gasteiger charge is 2.18. The van der Waals surface area contributed by atoms with Gasteiger partial charge in [0, 0.05) is 12.8 Å². The first kappa shape index (κ1) is 76.1. The Morgan fingerprint density at radius 3 is 0.974 bits per heavy atom. The van der Waals surface area contributed by atoms with Gasteiger partial charge in [0.2, 0.25) is 5.91 Å². The SMILES string of the molecule is CCCCCCCCCCCCCCCC/C=C/C(O)C(CO)NC(=O)CCCCCCCCCCCCCCC/C=C\C/C=C\CCCCCCCCCCCOC(=O)CCCCCCCCCCCCCCCCCC. The van der Waals surface area contributed by atoms with Crippen molar-refractivity contribution in [3.05, 3.63) is 36.5 Å². The number of hydrogen-bond acceptors (Lipinski definition) is 5. The summed E-state index contributed by atoms with van der Waals surface area (Å²) in [6.07, 6.45) is 86.5. The first-order valence-electron chi connectivity index (χ1n) is 35.3. The summed E-state index contributed by atoms with van der Waals surface area (Å²) in [4.78, 5) is 24.6. The standard InChI is InChI=1S/C72H137NO5/c1-3-5-7-9-11-13-15-17-19-36-40-44-48-52-56-60-64-70(75)69(68-74)73-71(76)65-61-57-53-49-45-41-37-34-32-30-28-26-24-22-21-23-25-27-29-31-33-35-39-43-47-51-55-59-63-67-78-72(77)66-62-58-54-50-46-42-38-20-18-16-14-12-10-8-6-4-2/h21,23,27,29,60,64,69-70,74-75H,3-20,22,24-26,28,30-59,61-63,65-68H2,1-2H3,(H,73,76)/b23-21-,29-27-,64-60+. The molecule has 0 fully saturated rings. The molecule has 78 heavy (non-hydrogen) atoms. The Kier molecular flexibility index (Phi) is 65.9. The summed E-state index contributed by atoms with van der Waals surface area (Å²) >= 11 is 0. The van der Waals surface area contributed by atoms with Crippen LogP contribution in [0.2, 0.25) is 0 Å². The summed E-state index contributed by atoms with van der Waals surface area (Å²) in [6.45, 7) is 4.93. The molecule has 0 radical (unpaired) electrons. The summed E-state index contributed by atoms with van der Waals surface area (Å²) < 4.78 is 5.50. The Balaban J connectivity index is 3.41. The molecule has 0 aliphatic carbocycles. The van der Waals surface area contributed by atoms with Gasteiger partial charge in [0.1, 0.15) is 0 Å². The van der Waals surface area contributed by atoms with Crippen molar-refractivity contribution in [3.63, 3.8) is 0 Å². The highest BCUT2D eigenvalue weighted by Crippen LogP contribution is 2.18. The van der Waals surface area contributed by atoms with Crippen LogP contribution < -0.4 is 5.32 Å². The maximum Gasteiger partial charge on any atom is 0.305 e. The summed E-state index contributed by atoms with van der Waals surface area (Å²) in [6, 6.07) is -0.629. The predicted octanol–water partition coefficient (Wildman–Crippen LogP) is 22.7. The highest BCUT2D eigenvalue weighted by molar-refractivity contribution is 5.76. The lowest BCUT2D eigenvalue weighted by Crippen LogP contribution is -2.45. The Morgan fingerprint density at radius 2 is 0.641 bits per heavy atom. The fourth-order valence-electron chi connectivity index (χ4n) is 11.0. The molecule has 0 spiro atoms. The van der Waals surface area contributed by atoms with Crippen molar-refractivity contribution in [2.45, 2.75) is 398 Å².